The Morgan fingerprint density at radius 3 is 2.79 bits per heavy atom. The summed E-state index contributed by atoms with van der Waals surface area (Å²) in [6.07, 6.45) is -1.74. The van der Waals surface area contributed by atoms with Gasteiger partial charge in [0.25, 0.3) is 0 Å². The van der Waals surface area contributed by atoms with Crippen molar-refractivity contribution in [3.63, 3.8) is 0 Å². The van der Waals surface area contributed by atoms with E-state index in [1.54, 1.807) is 7.11 Å². The minimum Gasteiger partial charge on any atom is -0.389 e. The van der Waals surface area contributed by atoms with Crippen LogP contribution in [0.1, 0.15) is 40.3 Å². The van der Waals surface area contributed by atoms with Gasteiger partial charge in [0.05, 0.1) is 12.2 Å². The van der Waals surface area contributed by atoms with Gasteiger partial charge in [-0.15, -0.1) is 11.3 Å². The highest BCUT2D eigenvalue weighted by atomic mass is 32.1. The molecule has 2 aliphatic rings. The normalized spacial score (nSPS) is 28.7. The minimum absolute atomic E-state index is 0.299. The lowest BCUT2D eigenvalue weighted by molar-refractivity contribution is -0.305. The maximum absolute atomic E-state index is 9.40. The number of methoxy groups -OCH3 is 1. The molecule has 2 aliphatic heterocycles. The van der Waals surface area contributed by atoms with Crippen LogP contribution in [0.15, 0.2) is 30.3 Å². The predicted octanol–water partition coefficient (Wildman–Crippen LogP) is 3.03. The van der Waals surface area contributed by atoms with Crippen molar-refractivity contribution in [1.29, 1.82) is 5.26 Å². The van der Waals surface area contributed by atoms with E-state index in [4.69, 9.17) is 24.7 Å². The van der Waals surface area contributed by atoms with Crippen LogP contribution >= 0.6 is 11.3 Å². The van der Waals surface area contributed by atoms with Crippen LogP contribution in [-0.4, -0.2) is 19.8 Å². The van der Waals surface area contributed by atoms with Crippen molar-refractivity contribution in [2.75, 3.05) is 19.5 Å². The number of rotatable bonds is 2. The topological polar surface area (TPSA) is 86.7 Å². The van der Waals surface area contributed by atoms with Gasteiger partial charge < -0.3 is 24.7 Å². The van der Waals surface area contributed by atoms with Crippen LogP contribution in [-0.2, 0) is 18.9 Å². The largest absolute Gasteiger partial charge is 0.389 e. The fourth-order valence-corrected chi connectivity index (χ4v) is 4.22. The van der Waals surface area contributed by atoms with Crippen molar-refractivity contribution in [1.82, 2.24) is 0 Å². The number of fused-ring (bicyclic) bond motifs is 3. The third kappa shape index (κ3) is 2.40. The second-order valence-corrected chi connectivity index (χ2v) is 6.69. The van der Waals surface area contributed by atoms with E-state index in [1.807, 2.05) is 30.3 Å². The monoisotopic (exact) mass is 344 g/mol. The van der Waals surface area contributed by atoms with Gasteiger partial charge >= 0.3 is 0 Å². The average Bonchev–Trinajstić information content (AvgIpc) is 2.97. The van der Waals surface area contributed by atoms with E-state index in [-0.39, 0.29) is 12.2 Å². The molecule has 1 aromatic heterocycles. The first-order valence-corrected chi connectivity index (χ1v) is 8.37. The Morgan fingerprint density at radius 2 is 2.08 bits per heavy atom. The van der Waals surface area contributed by atoms with E-state index >= 15 is 0 Å². The van der Waals surface area contributed by atoms with Gasteiger partial charge in [0, 0.05) is 23.1 Å². The molecule has 1 saturated heterocycles. The third-order valence-corrected chi connectivity index (χ3v) is 5.31. The number of nitriles is 1. The zero-order chi connectivity index (χ0) is 16.7. The van der Waals surface area contributed by atoms with Crippen LogP contribution in [0.4, 0.5) is 5.00 Å². The Bertz CT molecular complexity index is 786. The Balaban J connectivity index is 1.72. The molecule has 7 heteroatoms. The van der Waals surface area contributed by atoms with Crippen LogP contribution in [0, 0.1) is 11.3 Å². The summed E-state index contributed by atoms with van der Waals surface area (Å²) in [5.41, 5.74) is 8.04. The second kappa shape index (κ2) is 6.16. The van der Waals surface area contributed by atoms with Gasteiger partial charge in [0.15, 0.2) is 12.6 Å². The van der Waals surface area contributed by atoms with Crippen molar-refractivity contribution < 1.29 is 18.9 Å². The van der Waals surface area contributed by atoms with Gasteiger partial charge in [-0.2, -0.15) is 5.26 Å². The molecule has 0 bridgehead atoms. The summed E-state index contributed by atoms with van der Waals surface area (Å²) in [5.74, 6) is 0. The number of nitrogens with two attached hydrogens (primary N) is 1. The molecule has 0 aliphatic carbocycles. The highest BCUT2D eigenvalue weighted by Gasteiger charge is 2.45. The lowest BCUT2D eigenvalue weighted by Gasteiger charge is -2.41. The molecule has 4 atom stereocenters. The molecule has 2 aromatic rings. The first-order chi connectivity index (χ1) is 11.7. The second-order valence-electron chi connectivity index (χ2n) is 5.61. The van der Waals surface area contributed by atoms with E-state index < -0.39 is 12.6 Å². The van der Waals surface area contributed by atoms with Crippen molar-refractivity contribution in [2.24, 2.45) is 0 Å². The highest BCUT2D eigenvalue weighted by Crippen LogP contribution is 2.50. The number of benzene rings is 1. The van der Waals surface area contributed by atoms with E-state index in [2.05, 4.69) is 6.07 Å². The molecule has 0 amide bonds. The molecule has 0 spiro atoms. The first-order valence-electron chi connectivity index (χ1n) is 7.55. The number of hydrogen-bond donors (Lipinski definition) is 1. The van der Waals surface area contributed by atoms with Gasteiger partial charge in [-0.1, -0.05) is 30.3 Å². The van der Waals surface area contributed by atoms with Crippen LogP contribution < -0.4 is 5.73 Å². The van der Waals surface area contributed by atoms with Crippen LogP contribution in [0.2, 0.25) is 0 Å². The van der Waals surface area contributed by atoms with Crippen LogP contribution in [0.3, 0.4) is 0 Å². The molecule has 0 unspecified atom stereocenters. The number of nitrogen functional groups attached to an aromatic ring is 1. The number of thiophene rings is 1. The molecule has 0 radical (unpaired) electrons. The van der Waals surface area contributed by atoms with Crippen LogP contribution in [0.5, 0.6) is 0 Å². The summed E-state index contributed by atoms with van der Waals surface area (Å²) in [6, 6.07) is 11.9. The van der Waals surface area contributed by atoms with Crippen molar-refractivity contribution in [3.8, 4) is 6.07 Å². The number of anilines is 1. The Kier molecular flexibility index (Phi) is 4.00. The smallest absolute Gasteiger partial charge is 0.186 e. The molecule has 4 rings (SSSR count). The lowest BCUT2D eigenvalue weighted by atomic mass is 10.00. The maximum Gasteiger partial charge on any atom is 0.186 e. The fraction of sp³-hybridized carbons (Fsp3) is 0.353. The number of hydrogen-bond acceptors (Lipinski definition) is 7. The summed E-state index contributed by atoms with van der Waals surface area (Å²) in [6.45, 7) is 0.378. The fourth-order valence-electron chi connectivity index (χ4n) is 3.10. The Labute approximate surface area is 143 Å². The van der Waals surface area contributed by atoms with E-state index in [0.717, 1.165) is 10.4 Å². The zero-order valence-corrected chi connectivity index (χ0v) is 13.8. The van der Waals surface area contributed by atoms with E-state index in [0.29, 0.717) is 22.7 Å². The summed E-state index contributed by atoms with van der Waals surface area (Å²) < 4.78 is 23.3. The van der Waals surface area contributed by atoms with Gasteiger partial charge in [-0.3, -0.25) is 0 Å². The molecule has 6 nitrogen and oxygen atoms in total. The first kappa shape index (κ1) is 15.6. The van der Waals surface area contributed by atoms with Crippen molar-refractivity contribution >= 4 is 16.3 Å². The van der Waals surface area contributed by atoms with Crippen LogP contribution in [0.25, 0.3) is 0 Å². The molecule has 1 fully saturated rings. The SMILES string of the molecule is CO[C@H]1O[C@@H]2CO[C@@H](c3ccccc3)O[C@H]2c2sc(N)c(C#N)c21. The molecule has 0 saturated carbocycles. The lowest BCUT2D eigenvalue weighted by Crippen LogP contribution is -2.41. The molecular weight excluding hydrogens is 328 g/mol. The van der Waals surface area contributed by atoms with E-state index in [1.165, 1.54) is 11.3 Å². The summed E-state index contributed by atoms with van der Waals surface area (Å²) in [4.78, 5) is 0.886. The van der Waals surface area contributed by atoms with Crippen molar-refractivity contribution in [3.05, 3.63) is 51.9 Å². The summed E-state index contributed by atoms with van der Waals surface area (Å²) >= 11 is 1.36. The molecular formula is C17H16N2O4S. The van der Waals surface area contributed by atoms with Gasteiger partial charge in [0.1, 0.15) is 23.3 Å². The predicted molar refractivity (Wildman–Crippen MR) is 87.0 cm³/mol. The van der Waals surface area contributed by atoms with Crippen molar-refractivity contribution in [2.45, 2.75) is 24.8 Å². The highest BCUT2D eigenvalue weighted by molar-refractivity contribution is 7.16. The van der Waals surface area contributed by atoms with Gasteiger partial charge in [0.2, 0.25) is 0 Å². The molecule has 1 aromatic carbocycles. The molecule has 24 heavy (non-hydrogen) atoms. The maximum atomic E-state index is 9.40. The van der Waals surface area contributed by atoms with E-state index in [9.17, 15) is 5.26 Å². The minimum atomic E-state index is -0.634. The number of nitrogens with zero attached hydrogens (tertiary/aromatic N) is 1. The quantitative estimate of drug-likeness (QED) is 0.901. The Morgan fingerprint density at radius 1 is 1.29 bits per heavy atom. The third-order valence-electron chi connectivity index (χ3n) is 4.21. The average molecular weight is 344 g/mol. The standard InChI is InChI=1S/C17H16N2O4S/c1-20-17-12-10(7-18)15(19)24-14(12)13-11(22-17)8-21-16(23-13)9-5-3-2-4-6-9/h2-6,11,13,16-17H,8,19H2,1H3/t11-,13-,16-,17+/m1/s1. The van der Waals surface area contributed by atoms with Gasteiger partial charge in [-0.05, 0) is 0 Å². The summed E-state index contributed by atoms with van der Waals surface area (Å²) in [5, 5.41) is 9.86. The summed E-state index contributed by atoms with van der Waals surface area (Å²) in [7, 11) is 1.54. The number of ether oxygens (including phenoxy) is 4. The van der Waals surface area contributed by atoms with Gasteiger partial charge in [-0.25, -0.2) is 0 Å². The Hall–Kier alpha value is -1.95. The molecule has 3 heterocycles. The molecule has 2 N–H and O–H groups in total. The molecule has 124 valence electrons. The zero-order valence-electron chi connectivity index (χ0n) is 13.0.